The summed E-state index contributed by atoms with van der Waals surface area (Å²) in [4.78, 5) is 11.3. The first-order valence-corrected chi connectivity index (χ1v) is 8.03. The molecule has 1 aromatic rings. The second kappa shape index (κ2) is 7.46. The van der Waals surface area contributed by atoms with E-state index in [1.54, 1.807) is 6.33 Å². The monoisotopic (exact) mass is 276 g/mol. The van der Waals surface area contributed by atoms with Gasteiger partial charge in [0.05, 0.1) is 0 Å². The predicted molar refractivity (Wildman–Crippen MR) is 85.3 cm³/mol. The summed E-state index contributed by atoms with van der Waals surface area (Å²) in [6, 6.07) is 2.77. The smallest absolute Gasteiger partial charge is 0.134 e. The quantitative estimate of drug-likeness (QED) is 0.824. The number of nitrogens with zero attached hydrogens (tertiary/aromatic N) is 3. The van der Waals surface area contributed by atoms with Crippen molar-refractivity contribution in [2.45, 2.75) is 58.9 Å². The van der Waals surface area contributed by atoms with E-state index in [4.69, 9.17) is 0 Å². The van der Waals surface area contributed by atoms with Crippen LogP contribution in [0.4, 0.5) is 11.6 Å². The number of rotatable bonds is 7. The van der Waals surface area contributed by atoms with E-state index in [9.17, 15) is 0 Å². The maximum absolute atomic E-state index is 4.52. The fourth-order valence-corrected chi connectivity index (χ4v) is 2.89. The summed E-state index contributed by atoms with van der Waals surface area (Å²) < 4.78 is 0. The van der Waals surface area contributed by atoms with Gasteiger partial charge in [-0.3, -0.25) is 0 Å². The van der Waals surface area contributed by atoms with Crippen molar-refractivity contribution in [3.05, 3.63) is 12.4 Å². The van der Waals surface area contributed by atoms with Crippen LogP contribution in [0.15, 0.2) is 12.4 Å². The van der Waals surface area contributed by atoms with Crippen LogP contribution < -0.4 is 10.2 Å². The summed E-state index contributed by atoms with van der Waals surface area (Å²) >= 11 is 0. The summed E-state index contributed by atoms with van der Waals surface area (Å²) in [5, 5.41) is 3.36. The Morgan fingerprint density at radius 2 is 2.05 bits per heavy atom. The fourth-order valence-electron chi connectivity index (χ4n) is 2.89. The predicted octanol–water partition coefficient (Wildman–Crippen LogP) is 3.70. The highest BCUT2D eigenvalue weighted by molar-refractivity contribution is 5.49. The number of anilines is 2. The van der Waals surface area contributed by atoms with Crippen LogP contribution in [0.25, 0.3) is 0 Å². The van der Waals surface area contributed by atoms with Crippen molar-refractivity contribution < 1.29 is 0 Å². The van der Waals surface area contributed by atoms with Gasteiger partial charge in [-0.2, -0.15) is 0 Å². The van der Waals surface area contributed by atoms with E-state index in [1.165, 1.54) is 25.7 Å². The zero-order chi connectivity index (χ0) is 14.4. The number of hydrogen-bond donors (Lipinski definition) is 1. The molecule has 1 aromatic heterocycles. The van der Waals surface area contributed by atoms with Gasteiger partial charge in [-0.15, -0.1) is 0 Å². The Balaban J connectivity index is 2.14. The topological polar surface area (TPSA) is 41.0 Å². The Morgan fingerprint density at radius 1 is 1.30 bits per heavy atom. The number of hydrogen-bond acceptors (Lipinski definition) is 4. The molecule has 4 heteroatoms. The highest BCUT2D eigenvalue weighted by Gasteiger charge is 2.24. The molecule has 1 saturated carbocycles. The third-order valence-corrected chi connectivity index (χ3v) is 3.83. The molecule has 0 aliphatic heterocycles. The van der Waals surface area contributed by atoms with Crippen molar-refractivity contribution in [2.24, 2.45) is 5.92 Å². The van der Waals surface area contributed by atoms with Crippen LogP contribution >= 0.6 is 0 Å². The maximum atomic E-state index is 4.52. The van der Waals surface area contributed by atoms with Gasteiger partial charge in [-0.05, 0) is 25.2 Å². The van der Waals surface area contributed by atoms with Crippen molar-refractivity contribution in [2.75, 3.05) is 23.3 Å². The van der Waals surface area contributed by atoms with E-state index in [-0.39, 0.29) is 0 Å². The van der Waals surface area contributed by atoms with Gasteiger partial charge in [0.25, 0.3) is 0 Å². The lowest BCUT2D eigenvalue weighted by molar-refractivity contribution is 0.531. The van der Waals surface area contributed by atoms with Crippen LogP contribution in [0.1, 0.15) is 52.9 Å². The van der Waals surface area contributed by atoms with Crippen molar-refractivity contribution in [3.63, 3.8) is 0 Å². The molecule has 4 nitrogen and oxygen atoms in total. The molecule has 1 N–H and O–H groups in total. The minimum atomic E-state index is 0.651. The maximum Gasteiger partial charge on any atom is 0.134 e. The lowest BCUT2D eigenvalue weighted by Gasteiger charge is -2.31. The van der Waals surface area contributed by atoms with Crippen LogP contribution in [-0.4, -0.2) is 29.1 Å². The molecular formula is C16H28N4. The standard InChI is InChI=1S/C16H28N4/c1-4-9-17-15-10-16(19-12-18-15)20(11-13(2)3)14-7-5-6-8-14/h10,12-14H,4-9,11H2,1-3H3,(H,17,18,19). The van der Waals surface area contributed by atoms with Crippen molar-refractivity contribution >= 4 is 11.6 Å². The number of nitrogens with one attached hydrogen (secondary N) is 1. The Kier molecular flexibility index (Phi) is 5.62. The van der Waals surface area contributed by atoms with E-state index in [0.717, 1.165) is 31.1 Å². The van der Waals surface area contributed by atoms with Gasteiger partial charge < -0.3 is 10.2 Å². The SMILES string of the molecule is CCCNc1cc(N(CC(C)C)C2CCCC2)ncn1. The molecule has 0 saturated heterocycles. The summed E-state index contributed by atoms with van der Waals surface area (Å²) in [6.45, 7) is 8.76. The largest absolute Gasteiger partial charge is 0.370 e. The first-order valence-electron chi connectivity index (χ1n) is 8.03. The van der Waals surface area contributed by atoms with E-state index in [1.807, 2.05) is 0 Å². The molecule has 0 amide bonds. The van der Waals surface area contributed by atoms with Gasteiger partial charge >= 0.3 is 0 Å². The summed E-state index contributed by atoms with van der Waals surface area (Å²) in [7, 11) is 0. The molecule has 0 spiro atoms. The lowest BCUT2D eigenvalue weighted by Crippen LogP contribution is -2.37. The molecule has 0 atom stereocenters. The van der Waals surface area contributed by atoms with Crippen LogP contribution in [0.2, 0.25) is 0 Å². The van der Waals surface area contributed by atoms with E-state index >= 15 is 0 Å². The molecule has 0 unspecified atom stereocenters. The van der Waals surface area contributed by atoms with Gasteiger partial charge in [0, 0.05) is 25.2 Å². The Labute approximate surface area is 123 Å². The Bertz CT molecular complexity index is 399. The lowest BCUT2D eigenvalue weighted by atomic mass is 10.1. The number of aromatic nitrogens is 2. The molecule has 1 heterocycles. The zero-order valence-electron chi connectivity index (χ0n) is 13.1. The van der Waals surface area contributed by atoms with Crippen LogP contribution in [0.5, 0.6) is 0 Å². The molecule has 0 aromatic carbocycles. The fraction of sp³-hybridized carbons (Fsp3) is 0.750. The van der Waals surface area contributed by atoms with Crippen LogP contribution in [0, 0.1) is 5.92 Å². The molecule has 1 aliphatic rings. The molecule has 0 bridgehead atoms. The van der Waals surface area contributed by atoms with Gasteiger partial charge in [-0.25, -0.2) is 9.97 Å². The second-order valence-corrected chi connectivity index (χ2v) is 6.17. The van der Waals surface area contributed by atoms with Gasteiger partial charge in [0.15, 0.2) is 0 Å². The van der Waals surface area contributed by atoms with Gasteiger partial charge in [0.2, 0.25) is 0 Å². The Hall–Kier alpha value is -1.32. The first kappa shape index (κ1) is 15.1. The van der Waals surface area contributed by atoms with Crippen molar-refractivity contribution in [3.8, 4) is 0 Å². The average Bonchev–Trinajstić information content (AvgIpc) is 2.96. The Morgan fingerprint density at radius 3 is 2.70 bits per heavy atom. The molecular weight excluding hydrogens is 248 g/mol. The van der Waals surface area contributed by atoms with Crippen molar-refractivity contribution in [1.29, 1.82) is 0 Å². The van der Waals surface area contributed by atoms with Crippen molar-refractivity contribution in [1.82, 2.24) is 9.97 Å². The minimum Gasteiger partial charge on any atom is -0.370 e. The van der Waals surface area contributed by atoms with Gasteiger partial charge in [-0.1, -0.05) is 33.6 Å². The first-order chi connectivity index (χ1) is 9.70. The molecule has 2 rings (SSSR count). The normalized spacial score (nSPS) is 15.8. The summed E-state index contributed by atoms with van der Waals surface area (Å²) in [6.07, 6.45) is 8.10. The average molecular weight is 276 g/mol. The van der Waals surface area contributed by atoms with E-state index in [0.29, 0.717) is 12.0 Å². The molecule has 0 radical (unpaired) electrons. The van der Waals surface area contributed by atoms with E-state index in [2.05, 4.69) is 47.0 Å². The van der Waals surface area contributed by atoms with Crippen LogP contribution in [-0.2, 0) is 0 Å². The highest BCUT2D eigenvalue weighted by atomic mass is 15.2. The highest BCUT2D eigenvalue weighted by Crippen LogP contribution is 2.28. The molecule has 112 valence electrons. The van der Waals surface area contributed by atoms with E-state index < -0.39 is 0 Å². The summed E-state index contributed by atoms with van der Waals surface area (Å²) in [5.74, 6) is 2.68. The molecule has 1 aliphatic carbocycles. The zero-order valence-corrected chi connectivity index (χ0v) is 13.1. The molecule has 1 fully saturated rings. The molecule has 20 heavy (non-hydrogen) atoms. The van der Waals surface area contributed by atoms with Crippen LogP contribution in [0.3, 0.4) is 0 Å². The minimum absolute atomic E-state index is 0.651. The van der Waals surface area contributed by atoms with Gasteiger partial charge in [0.1, 0.15) is 18.0 Å². The third kappa shape index (κ3) is 4.09. The summed E-state index contributed by atoms with van der Waals surface area (Å²) in [5.41, 5.74) is 0. The second-order valence-electron chi connectivity index (χ2n) is 6.17. The third-order valence-electron chi connectivity index (χ3n) is 3.83.